The van der Waals surface area contributed by atoms with Gasteiger partial charge in [0.25, 0.3) is 0 Å². The summed E-state index contributed by atoms with van der Waals surface area (Å²) in [4.78, 5) is 0. The molecule has 0 amide bonds. The van der Waals surface area contributed by atoms with E-state index in [9.17, 15) is 5.11 Å². The Bertz CT molecular complexity index is 711. The van der Waals surface area contributed by atoms with Crippen LogP contribution in [0.2, 0.25) is 5.02 Å². The molecule has 0 spiro atoms. The lowest BCUT2D eigenvalue weighted by atomic mass is 10.0. The maximum Gasteiger partial charge on any atom is 0.135 e. The highest BCUT2D eigenvalue weighted by Crippen LogP contribution is 2.36. The van der Waals surface area contributed by atoms with Gasteiger partial charge in [0.1, 0.15) is 17.1 Å². The number of phenols is 1. The first-order valence-electron chi connectivity index (χ1n) is 5.63. The first-order valence-corrected chi connectivity index (χ1v) is 6.01. The van der Waals surface area contributed by atoms with E-state index in [4.69, 9.17) is 16.0 Å². The number of benzene rings is 2. The fourth-order valence-electron chi connectivity index (χ4n) is 2.18. The van der Waals surface area contributed by atoms with Gasteiger partial charge in [0.15, 0.2) is 0 Å². The molecule has 0 unspecified atom stereocenters. The number of hydrogen-bond donors (Lipinski definition) is 1. The summed E-state index contributed by atoms with van der Waals surface area (Å²) in [6, 6.07) is 12.7. The Morgan fingerprint density at radius 2 is 1.78 bits per heavy atom. The van der Waals surface area contributed by atoms with E-state index in [0.29, 0.717) is 5.02 Å². The van der Waals surface area contributed by atoms with Crippen LogP contribution in [0.3, 0.4) is 0 Å². The molecule has 3 rings (SSSR count). The molecule has 1 aromatic heterocycles. The summed E-state index contributed by atoms with van der Waals surface area (Å²) in [6.07, 6.45) is 0. The molecule has 18 heavy (non-hydrogen) atoms. The van der Waals surface area contributed by atoms with Gasteiger partial charge in [0.2, 0.25) is 0 Å². The minimum atomic E-state index is 0.235. The summed E-state index contributed by atoms with van der Waals surface area (Å²) in [6.45, 7) is 1.92. The van der Waals surface area contributed by atoms with E-state index < -0.39 is 0 Å². The summed E-state index contributed by atoms with van der Waals surface area (Å²) in [5.74, 6) is 1.07. The number of furan rings is 1. The molecule has 2 nitrogen and oxygen atoms in total. The zero-order valence-electron chi connectivity index (χ0n) is 9.77. The zero-order chi connectivity index (χ0) is 12.7. The average molecular weight is 259 g/mol. The largest absolute Gasteiger partial charge is 0.508 e. The topological polar surface area (TPSA) is 33.4 Å². The van der Waals surface area contributed by atoms with Gasteiger partial charge in [-0.1, -0.05) is 23.7 Å². The van der Waals surface area contributed by atoms with E-state index in [-0.39, 0.29) is 5.75 Å². The highest BCUT2D eigenvalue weighted by Gasteiger charge is 2.13. The molecule has 2 aromatic carbocycles. The summed E-state index contributed by atoms with van der Waals surface area (Å²) in [5.41, 5.74) is 2.80. The Kier molecular flexibility index (Phi) is 2.53. The second-order valence-corrected chi connectivity index (χ2v) is 4.66. The predicted molar refractivity (Wildman–Crippen MR) is 73.1 cm³/mol. The highest BCUT2D eigenvalue weighted by atomic mass is 35.5. The maximum absolute atomic E-state index is 9.59. The quantitative estimate of drug-likeness (QED) is 0.682. The third kappa shape index (κ3) is 1.75. The van der Waals surface area contributed by atoms with Crippen LogP contribution in [-0.2, 0) is 0 Å². The van der Waals surface area contributed by atoms with Crippen LogP contribution in [-0.4, -0.2) is 5.11 Å². The van der Waals surface area contributed by atoms with Crippen molar-refractivity contribution >= 4 is 22.6 Å². The molecule has 0 aliphatic carbocycles. The van der Waals surface area contributed by atoms with Gasteiger partial charge in [-0.05, 0) is 42.8 Å². The number of rotatable bonds is 1. The molecule has 0 aliphatic heterocycles. The van der Waals surface area contributed by atoms with Crippen LogP contribution in [0.25, 0.3) is 22.1 Å². The van der Waals surface area contributed by atoms with Crippen molar-refractivity contribution in [2.24, 2.45) is 0 Å². The summed E-state index contributed by atoms with van der Waals surface area (Å²) >= 11 is 5.89. The molecule has 0 bridgehead atoms. The molecule has 3 aromatic rings. The van der Waals surface area contributed by atoms with Crippen molar-refractivity contribution in [2.45, 2.75) is 6.92 Å². The predicted octanol–water partition coefficient (Wildman–Crippen LogP) is 4.77. The van der Waals surface area contributed by atoms with Crippen molar-refractivity contribution in [1.82, 2.24) is 0 Å². The van der Waals surface area contributed by atoms with Crippen molar-refractivity contribution in [2.75, 3.05) is 0 Å². The minimum absolute atomic E-state index is 0.235. The molecule has 0 saturated carbocycles. The SMILES string of the molecule is Cc1oc2ccc(O)cc2c1-c1ccc(Cl)cc1. The second kappa shape index (κ2) is 4.07. The number of hydrogen-bond acceptors (Lipinski definition) is 2. The Labute approximate surface area is 109 Å². The molecule has 1 heterocycles. The minimum Gasteiger partial charge on any atom is -0.508 e. The van der Waals surface area contributed by atoms with Crippen molar-refractivity contribution in [3.05, 3.63) is 53.2 Å². The molecule has 0 radical (unpaired) electrons. The Morgan fingerprint density at radius 1 is 1.06 bits per heavy atom. The van der Waals surface area contributed by atoms with Gasteiger partial charge < -0.3 is 9.52 Å². The number of fused-ring (bicyclic) bond motifs is 1. The van der Waals surface area contributed by atoms with Gasteiger partial charge in [0.05, 0.1) is 0 Å². The molecule has 0 aliphatic rings. The van der Waals surface area contributed by atoms with Crippen LogP contribution < -0.4 is 0 Å². The van der Waals surface area contributed by atoms with E-state index >= 15 is 0 Å². The molecule has 1 N–H and O–H groups in total. The lowest BCUT2D eigenvalue weighted by Crippen LogP contribution is -1.78. The fourth-order valence-corrected chi connectivity index (χ4v) is 2.31. The monoisotopic (exact) mass is 258 g/mol. The smallest absolute Gasteiger partial charge is 0.135 e. The van der Waals surface area contributed by atoms with Crippen LogP contribution in [0.5, 0.6) is 5.75 Å². The van der Waals surface area contributed by atoms with Crippen LogP contribution in [0.4, 0.5) is 0 Å². The van der Waals surface area contributed by atoms with Crippen LogP contribution >= 0.6 is 11.6 Å². The average Bonchev–Trinajstić information content (AvgIpc) is 2.66. The third-order valence-corrected chi connectivity index (χ3v) is 3.23. The van der Waals surface area contributed by atoms with Crippen LogP contribution in [0.15, 0.2) is 46.9 Å². The van der Waals surface area contributed by atoms with Crippen molar-refractivity contribution in [1.29, 1.82) is 0 Å². The molecule has 0 atom stereocenters. The van der Waals surface area contributed by atoms with E-state index in [1.165, 1.54) is 0 Å². The van der Waals surface area contributed by atoms with Gasteiger partial charge >= 0.3 is 0 Å². The Hall–Kier alpha value is -1.93. The molecular formula is C15H11ClO2. The van der Waals surface area contributed by atoms with Gasteiger partial charge in [-0.15, -0.1) is 0 Å². The molecule has 0 saturated heterocycles. The number of aromatic hydroxyl groups is 1. The Morgan fingerprint density at radius 3 is 2.50 bits per heavy atom. The Balaban J connectivity index is 2.30. The molecule has 90 valence electrons. The lowest BCUT2D eigenvalue weighted by molar-refractivity contribution is 0.475. The first-order chi connectivity index (χ1) is 8.65. The van der Waals surface area contributed by atoms with Crippen molar-refractivity contribution in [3.8, 4) is 16.9 Å². The zero-order valence-corrected chi connectivity index (χ0v) is 10.5. The number of halogens is 1. The van der Waals surface area contributed by atoms with Crippen LogP contribution in [0, 0.1) is 6.92 Å². The second-order valence-electron chi connectivity index (χ2n) is 4.22. The van der Waals surface area contributed by atoms with Gasteiger partial charge in [-0.2, -0.15) is 0 Å². The highest BCUT2D eigenvalue weighted by molar-refractivity contribution is 6.30. The van der Waals surface area contributed by atoms with Crippen molar-refractivity contribution in [3.63, 3.8) is 0 Å². The number of aryl methyl sites for hydroxylation is 1. The molecular weight excluding hydrogens is 248 g/mol. The normalized spacial score (nSPS) is 11.0. The molecule has 0 fully saturated rings. The van der Waals surface area contributed by atoms with E-state index in [0.717, 1.165) is 27.9 Å². The van der Waals surface area contributed by atoms with Crippen LogP contribution in [0.1, 0.15) is 5.76 Å². The summed E-state index contributed by atoms with van der Waals surface area (Å²) < 4.78 is 5.69. The maximum atomic E-state index is 9.59. The van der Waals surface area contributed by atoms with Gasteiger partial charge in [0, 0.05) is 16.0 Å². The van der Waals surface area contributed by atoms with E-state index in [1.54, 1.807) is 18.2 Å². The first kappa shape index (κ1) is 11.2. The summed E-state index contributed by atoms with van der Waals surface area (Å²) in [7, 11) is 0. The summed E-state index contributed by atoms with van der Waals surface area (Å²) in [5, 5.41) is 11.2. The lowest BCUT2D eigenvalue weighted by Gasteiger charge is -2.01. The standard InChI is InChI=1S/C15H11ClO2/c1-9-15(10-2-4-11(16)5-3-10)13-8-12(17)6-7-14(13)18-9/h2-8,17H,1H3. The van der Waals surface area contributed by atoms with Crippen molar-refractivity contribution < 1.29 is 9.52 Å². The third-order valence-electron chi connectivity index (χ3n) is 2.98. The number of phenolic OH excluding ortho intramolecular Hbond substituents is 1. The fraction of sp³-hybridized carbons (Fsp3) is 0.0667. The van der Waals surface area contributed by atoms with Gasteiger partial charge in [-0.3, -0.25) is 0 Å². The van der Waals surface area contributed by atoms with E-state index in [1.807, 2.05) is 31.2 Å². The van der Waals surface area contributed by atoms with E-state index in [2.05, 4.69) is 0 Å². The van der Waals surface area contributed by atoms with Gasteiger partial charge in [-0.25, -0.2) is 0 Å². The molecule has 3 heteroatoms.